The van der Waals surface area contributed by atoms with E-state index < -0.39 is 10.0 Å². The third-order valence-corrected chi connectivity index (χ3v) is 3.35. The summed E-state index contributed by atoms with van der Waals surface area (Å²) < 4.78 is 30.9. The highest BCUT2D eigenvalue weighted by Crippen LogP contribution is 2.20. The molecule has 0 bridgehead atoms. The van der Waals surface area contributed by atoms with Crippen molar-refractivity contribution in [1.82, 2.24) is 0 Å². The van der Waals surface area contributed by atoms with Crippen molar-refractivity contribution < 1.29 is 18.3 Å². The Bertz CT molecular complexity index is 604. The minimum atomic E-state index is -3.69. The summed E-state index contributed by atoms with van der Waals surface area (Å²) in [6.45, 7) is -0.0159. The maximum Gasteiger partial charge on any atom is 0.297 e. The number of aromatic hydroxyl groups is 1. The van der Waals surface area contributed by atoms with Crippen molar-refractivity contribution in [2.45, 2.75) is 0 Å². The monoisotopic (exact) mass is 254 g/mol. The van der Waals surface area contributed by atoms with E-state index in [1.165, 1.54) is 12.1 Å². The van der Waals surface area contributed by atoms with Crippen molar-refractivity contribution in [2.75, 3.05) is 6.61 Å². The number of hydrogen-bond donors (Lipinski definition) is 2. The van der Waals surface area contributed by atoms with E-state index in [1.54, 1.807) is 12.1 Å². The molecular weight excluding hydrogens is 244 g/mol. The molecule has 90 valence electrons. The second-order valence-electron chi connectivity index (χ2n) is 3.39. The van der Waals surface area contributed by atoms with E-state index >= 15 is 0 Å². The minimum Gasteiger partial charge on any atom is -0.508 e. The van der Waals surface area contributed by atoms with Gasteiger partial charge in [-0.15, -0.1) is 0 Å². The largest absolute Gasteiger partial charge is 0.508 e. The number of phenols is 1. The number of nitrogens with two attached hydrogens (primary N) is 1. The molecule has 1 aliphatic heterocycles. The van der Waals surface area contributed by atoms with Gasteiger partial charge in [-0.1, -0.05) is 6.07 Å². The molecule has 6 nitrogen and oxygen atoms in total. The molecule has 1 aromatic rings. The lowest BCUT2D eigenvalue weighted by atomic mass is 10.3. The Morgan fingerprint density at radius 2 is 2.18 bits per heavy atom. The van der Waals surface area contributed by atoms with Crippen molar-refractivity contribution >= 4 is 16.2 Å². The molecule has 0 aromatic heterocycles. The van der Waals surface area contributed by atoms with E-state index in [-0.39, 0.29) is 17.4 Å². The first-order valence-electron chi connectivity index (χ1n) is 4.70. The molecule has 17 heavy (non-hydrogen) atoms. The van der Waals surface area contributed by atoms with Gasteiger partial charge in [-0.2, -0.15) is 12.8 Å². The van der Waals surface area contributed by atoms with Crippen LogP contribution in [-0.2, 0) is 10.0 Å². The van der Waals surface area contributed by atoms with Crippen LogP contribution in [0.5, 0.6) is 11.5 Å². The molecule has 1 heterocycles. The molecule has 0 amide bonds. The van der Waals surface area contributed by atoms with Gasteiger partial charge in [-0.25, -0.2) is 0 Å². The van der Waals surface area contributed by atoms with Gasteiger partial charge in [0.15, 0.2) is 5.03 Å². The zero-order valence-corrected chi connectivity index (χ0v) is 9.52. The van der Waals surface area contributed by atoms with Crippen LogP contribution in [0.15, 0.2) is 39.3 Å². The Labute approximate surface area is 98.1 Å². The standard InChI is InChI=1S/C10H10N2O4S/c11-10-7(5-12-17(10,14)15)6-16-9-3-1-2-8(13)4-9/h1-5,13H,6,11H2. The summed E-state index contributed by atoms with van der Waals surface area (Å²) in [7, 11) is -3.69. The third-order valence-electron chi connectivity index (χ3n) is 2.15. The highest BCUT2D eigenvalue weighted by Gasteiger charge is 2.22. The molecule has 0 radical (unpaired) electrons. The fourth-order valence-electron chi connectivity index (χ4n) is 1.26. The average molecular weight is 254 g/mol. The number of phenolic OH excluding ortho intramolecular Hbond substituents is 1. The molecule has 1 aliphatic rings. The second-order valence-corrected chi connectivity index (χ2v) is 4.99. The maximum absolute atomic E-state index is 11.2. The lowest BCUT2D eigenvalue weighted by Crippen LogP contribution is -2.11. The maximum atomic E-state index is 11.2. The van der Waals surface area contributed by atoms with Crippen LogP contribution in [0, 0.1) is 0 Å². The van der Waals surface area contributed by atoms with E-state index in [9.17, 15) is 13.5 Å². The van der Waals surface area contributed by atoms with Gasteiger partial charge in [0.25, 0.3) is 10.0 Å². The van der Waals surface area contributed by atoms with Crippen LogP contribution in [0.2, 0.25) is 0 Å². The van der Waals surface area contributed by atoms with Gasteiger partial charge in [0.2, 0.25) is 0 Å². The number of ether oxygens (including phenoxy) is 1. The molecule has 3 N–H and O–H groups in total. The van der Waals surface area contributed by atoms with Crippen LogP contribution in [0.1, 0.15) is 0 Å². The van der Waals surface area contributed by atoms with Crippen molar-refractivity contribution in [1.29, 1.82) is 0 Å². The smallest absolute Gasteiger partial charge is 0.297 e. The number of rotatable bonds is 3. The molecule has 0 aliphatic carbocycles. The predicted octanol–water partition coefficient (Wildman–Crippen LogP) is 0.356. The first-order chi connectivity index (χ1) is 7.99. The summed E-state index contributed by atoms with van der Waals surface area (Å²) in [6.07, 6.45) is 1.16. The van der Waals surface area contributed by atoms with Gasteiger partial charge in [0, 0.05) is 11.6 Å². The first-order valence-corrected chi connectivity index (χ1v) is 6.14. The molecule has 0 saturated carbocycles. The van der Waals surface area contributed by atoms with Gasteiger partial charge < -0.3 is 15.6 Å². The van der Waals surface area contributed by atoms with Crippen molar-refractivity contribution in [3.05, 3.63) is 34.9 Å². The van der Waals surface area contributed by atoms with Crippen molar-refractivity contribution in [3.63, 3.8) is 0 Å². The SMILES string of the molecule is NC1=C(COc2cccc(O)c2)C=NS1(=O)=O. The van der Waals surface area contributed by atoms with Crippen molar-refractivity contribution in [2.24, 2.45) is 10.1 Å². The molecule has 0 atom stereocenters. The normalized spacial score (nSPS) is 17.4. The molecule has 2 rings (SSSR count). The van der Waals surface area contributed by atoms with E-state index in [1.807, 2.05) is 0 Å². The molecule has 7 heteroatoms. The Kier molecular flexibility index (Phi) is 2.76. The van der Waals surface area contributed by atoms with E-state index in [0.29, 0.717) is 11.3 Å². The molecule has 0 spiro atoms. The summed E-state index contributed by atoms with van der Waals surface area (Å²) in [5.41, 5.74) is 5.69. The minimum absolute atomic E-state index is 0.0159. The zero-order chi connectivity index (χ0) is 12.5. The van der Waals surface area contributed by atoms with Gasteiger partial charge in [0.05, 0.1) is 6.21 Å². The fraction of sp³-hybridized carbons (Fsp3) is 0.100. The summed E-state index contributed by atoms with van der Waals surface area (Å²) in [6, 6.07) is 6.16. The summed E-state index contributed by atoms with van der Waals surface area (Å²) in [5, 5.41) is 8.91. The number of hydrogen-bond acceptors (Lipinski definition) is 5. The molecule has 0 unspecified atom stereocenters. The Hall–Kier alpha value is -2.02. The van der Waals surface area contributed by atoms with Crippen molar-refractivity contribution in [3.8, 4) is 11.5 Å². The first kappa shape index (κ1) is 11.5. The number of benzene rings is 1. The van der Waals surface area contributed by atoms with Crippen LogP contribution < -0.4 is 10.5 Å². The molecular formula is C10H10N2O4S. The number of sulfonamides is 1. The van der Waals surface area contributed by atoms with E-state index in [4.69, 9.17) is 10.5 Å². The molecule has 1 aromatic carbocycles. The lowest BCUT2D eigenvalue weighted by Gasteiger charge is -2.05. The highest BCUT2D eigenvalue weighted by molar-refractivity contribution is 7.94. The average Bonchev–Trinajstić information content (AvgIpc) is 2.52. The fourth-order valence-corrected chi connectivity index (χ4v) is 2.08. The predicted molar refractivity (Wildman–Crippen MR) is 62.2 cm³/mol. The van der Waals surface area contributed by atoms with Crippen LogP contribution in [0.25, 0.3) is 0 Å². The summed E-state index contributed by atoms with van der Waals surface area (Å²) in [5.74, 6) is 0.486. The zero-order valence-electron chi connectivity index (χ0n) is 8.70. The summed E-state index contributed by atoms with van der Waals surface area (Å²) >= 11 is 0. The third kappa shape index (κ3) is 2.39. The molecule has 0 fully saturated rings. The van der Waals surface area contributed by atoms with Crippen LogP contribution in [0.4, 0.5) is 0 Å². The highest BCUT2D eigenvalue weighted by atomic mass is 32.2. The van der Waals surface area contributed by atoms with E-state index in [2.05, 4.69) is 4.40 Å². The number of nitrogens with zero attached hydrogens (tertiary/aromatic N) is 1. The Morgan fingerprint density at radius 3 is 2.76 bits per heavy atom. The van der Waals surface area contributed by atoms with Crippen LogP contribution in [0.3, 0.4) is 0 Å². The summed E-state index contributed by atoms with van der Waals surface area (Å²) in [4.78, 5) is 0. The quantitative estimate of drug-likeness (QED) is 0.810. The Balaban J connectivity index is 2.10. The lowest BCUT2D eigenvalue weighted by molar-refractivity contribution is 0.354. The Morgan fingerprint density at radius 1 is 1.41 bits per heavy atom. The van der Waals surface area contributed by atoms with Crippen LogP contribution in [-0.4, -0.2) is 26.3 Å². The van der Waals surface area contributed by atoms with Gasteiger partial charge >= 0.3 is 0 Å². The second kappa shape index (κ2) is 4.10. The molecule has 0 saturated heterocycles. The van der Waals surface area contributed by atoms with Gasteiger partial charge in [-0.05, 0) is 12.1 Å². The van der Waals surface area contributed by atoms with E-state index in [0.717, 1.165) is 6.21 Å². The topological polar surface area (TPSA) is 102 Å². The van der Waals surface area contributed by atoms with Gasteiger partial charge in [-0.3, -0.25) is 0 Å². The van der Waals surface area contributed by atoms with Crippen LogP contribution >= 0.6 is 0 Å². The van der Waals surface area contributed by atoms with Gasteiger partial charge in [0.1, 0.15) is 18.1 Å².